The van der Waals surface area contributed by atoms with Crippen LogP contribution in [0.4, 0.5) is 5.82 Å². The summed E-state index contributed by atoms with van der Waals surface area (Å²) in [5, 5.41) is 4.35. The van der Waals surface area contributed by atoms with Gasteiger partial charge in [-0.1, -0.05) is 79.4 Å². The summed E-state index contributed by atoms with van der Waals surface area (Å²) in [6, 6.07) is 26.3. The highest BCUT2D eigenvalue weighted by molar-refractivity contribution is 9.10. The third-order valence-corrected chi connectivity index (χ3v) is 11.3. The zero-order valence-electron chi connectivity index (χ0n) is 30.2. The molecule has 2 aliphatic rings. The molecule has 3 aromatic carbocycles. The fraction of sp³-hybridized carbons (Fsp3) is 0.395. The Morgan fingerprint density at radius 2 is 1.67 bits per heavy atom. The third-order valence-electron chi connectivity index (χ3n) is 10.8. The van der Waals surface area contributed by atoms with Crippen molar-refractivity contribution in [2.24, 2.45) is 17.3 Å². The van der Waals surface area contributed by atoms with Gasteiger partial charge in [0.15, 0.2) is 5.78 Å². The summed E-state index contributed by atoms with van der Waals surface area (Å²) in [6.45, 7) is 5.01. The van der Waals surface area contributed by atoms with Crippen molar-refractivity contribution in [3.8, 4) is 16.9 Å². The van der Waals surface area contributed by atoms with E-state index in [9.17, 15) is 9.59 Å². The van der Waals surface area contributed by atoms with Gasteiger partial charge in [0, 0.05) is 65.8 Å². The Morgan fingerprint density at radius 3 is 2.43 bits per heavy atom. The van der Waals surface area contributed by atoms with Gasteiger partial charge in [-0.05, 0) is 97.0 Å². The molecule has 7 rings (SSSR count). The van der Waals surface area contributed by atoms with Gasteiger partial charge in [0.2, 0.25) is 0 Å². The van der Waals surface area contributed by atoms with Crippen molar-refractivity contribution in [2.45, 2.75) is 71.6 Å². The minimum absolute atomic E-state index is 0.0472. The molecular weight excluding hydrogens is 698 g/mol. The van der Waals surface area contributed by atoms with E-state index in [0.29, 0.717) is 30.4 Å². The number of Topliss-reactive ketones (excluding diaryl/α,β-unsaturated/α-hetero) is 1. The minimum atomic E-state index is -0.132. The average Bonchev–Trinajstić information content (AvgIpc) is 3.50. The Kier molecular flexibility index (Phi) is 10.2. The molecule has 2 aromatic heterocycles. The summed E-state index contributed by atoms with van der Waals surface area (Å²) in [6.07, 6.45) is 9.17. The van der Waals surface area contributed by atoms with Gasteiger partial charge in [0.25, 0.3) is 5.91 Å². The number of nitrogens with zero attached hydrogens (tertiary/aromatic N) is 4. The van der Waals surface area contributed by atoms with E-state index in [1.807, 2.05) is 68.7 Å². The maximum Gasteiger partial charge on any atom is 0.251 e. The molecule has 0 atom stereocenters. The number of fused-ring (bicyclic) bond motifs is 2. The van der Waals surface area contributed by atoms with Crippen LogP contribution in [0.3, 0.4) is 0 Å². The van der Waals surface area contributed by atoms with E-state index < -0.39 is 0 Å². The molecule has 1 N–H and O–H groups in total. The Hall–Kier alpha value is -4.30. The van der Waals surface area contributed by atoms with Crippen LogP contribution in [-0.2, 0) is 12.8 Å². The number of carbonyl (C=O) groups is 2. The molecule has 1 fully saturated rings. The molecule has 2 heterocycles. The summed E-state index contributed by atoms with van der Waals surface area (Å²) < 4.78 is 3.20. The summed E-state index contributed by atoms with van der Waals surface area (Å²) in [5.74, 6) is 3.25. The number of ketones is 1. The molecule has 1 amide bonds. The maximum absolute atomic E-state index is 13.5. The Bertz CT molecular complexity index is 2060. The van der Waals surface area contributed by atoms with Crippen LogP contribution in [0.2, 0.25) is 0 Å². The molecule has 264 valence electrons. The summed E-state index contributed by atoms with van der Waals surface area (Å²) in [7, 11) is 4.08. The fourth-order valence-corrected chi connectivity index (χ4v) is 8.36. The van der Waals surface area contributed by atoms with E-state index in [4.69, 9.17) is 9.97 Å². The van der Waals surface area contributed by atoms with Gasteiger partial charge < -0.3 is 14.8 Å². The monoisotopic (exact) mass is 745 g/mol. The first-order valence-corrected chi connectivity index (χ1v) is 19.2. The number of para-hydroxylation sites is 1. The predicted molar refractivity (Wildman–Crippen MR) is 210 cm³/mol. The number of rotatable bonds is 10. The van der Waals surface area contributed by atoms with Crippen molar-refractivity contribution in [2.75, 3.05) is 25.5 Å². The number of aromatic nitrogens is 3. The predicted octanol–water partition coefficient (Wildman–Crippen LogP) is 9.63. The fourth-order valence-electron chi connectivity index (χ4n) is 8.10. The Balaban J connectivity index is 0.967. The van der Waals surface area contributed by atoms with Gasteiger partial charge in [0.1, 0.15) is 11.6 Å². The molecule has 51 heavy (non-hydrogen) atoms. The topological polar surface area (TPSA) is 80.1 Å². The SMILES string of the molecule is CN(C)c1nc(CCCC2CCC(CNC(=O)c3cccc(-n4c(-c5ccc(Br)cc5)cc5c4CC(C)(C)CC5=O)c3)CC2)nc2ccccc12. The van der Waals surface area contributed by atoms with Gasteiger partial charge in [-0.2, -0.15) is 0 Å². The maximum atomic E-state index is 13.5. The molecule has 0 aliphatic heterocycles. The number of carbonyl (C=O) groups excluding carboxylic acids is 2. The number of hydrogen-bond donors (Lipinski definition) is 1. The number of hydrogen-bond acceptors (Lipinski definition) is 5. The molecule has 5 aromatic rings. The van der Waals surface area contributed by atoms with Crippen molar-refractivity contribution in [1.82, 2.24) is 19.9 Å². The smallest absolute Gasteiger partial charge is 0.251 e. The second-order valence-corrected chi connectivity index (χ2v) is 16.5. The number of benzene rings is 3. The van der Waals surface area contributed by atoms with Gasteiger partial charge in [-0.3, -0.25) is 9.59 Å². The van der Waals surface area contributed by atoms with E-state index in [1.165, 1.54) is 19.3 Å². The molecule has 0 saturated heterocycles. The van der Waals surface area contributed by atoms with E-state index in [-0.39, 0.29) is 17.1 Å². The third kappa shape index (κ3) is 7.81. The second kappa shape index (κ2) is 14.7. The minimum Gasteiger partial charge on any atom is -0.362 e. The first kappa shape index (κ1) is 35.1. The zero-order valence-corrected chi connectivity index (χ0v) is 31.8. The molecular formula is C43H48BrN5O2. The van der Waals surface area contributed by atoms with Crippen LogP contribution in [0.25, 0.3) is 27.8 Å². The highest BCUT2D eigenvalue weighted by Crippen LogP contribution is 2.40. The summed E-state index contributed by atoms with van der Waals surface area (Å²) in [5.41, 5.74) is 6.23. The summed E-state index contributed by atoms with van der Waals surface area (Å²) in [4.78, 5) is 38.7. The molecule has 1 saturated carbocycles. The van der Waals surface area contributed by atoms with Crippen LogP contribution in [0, 0.1) is 17.3 Å². The lowest BCUT2D eigenvalue weighted by atomic mass is 9.76. The number of halogens is 1. The van der Waals surface area contributed by atoms with Crippen molar-refractivity contribution in [1.29, 1.82) is 0 Å². The van der Waals surface area contributed by atoms with Crippen molar-refractivity contribution >= 4 is 44.3 Å². The number of nitrogens with one attached hydrogen (secondary N) is 1. The zero-order chi connectivity index (χ0) is 35.7. The van der Waals surface area contributed by atoms with Crippen LogP contribution < -0.4 is 10.2 Å². The van der Waals surface area contributed by atoms with Gasteiger partial charge in [-0.25, -0.2) is 9.97 Å². The molecule has 0 radical (unpaired) electrons. The van der Waals surface area contributed by atoms with Gasteiger partial charge >= 0.3 is 0 Å². The second-order valence-electron chi connectivity index (χ2n) is 15.6. The van der Waals surface area contributed by atoms with Crippen molar-refractivity contribution in [3.63, 3.8) is 0 Å². The Labute approximate surface area is 310 Å². The Morgan fingerprint density at radius 1 is 0.922 bits per heavy atom. The standard InChI is InChI=1S/C43H48BrN5O2/c1-43(2)25-38-35(39(50)26-43)24-37(30-19-21-32(44)22-20-30)49(38)33-11-8-10-31(23-33)42(51)45-27-29-17-15-28(16-18-29)9-7-14-40-46-36-13-6-5-12-34(36)41(47-40)48(3)4/h5-6,8,10-13,19-24,28-29H,7,9,14-18,25-27H2,1-4H3,(H,45,51). The van der Waals surface area contributed by atoms with E-state index in [0.717, 1.165) is 87.3 Å². The van der Waals surface area contributed by atoms with Crippen LogP contribution in [0.15, 0.2) is 83.3 Å². The first-order valence-electron chi connectivity index (χ1n) is 18.4. The van der Waals surface area contributed by atoms with E-state index >= 15 is 0 Å². The lowest BCUT2D eigenvalue weighted by Crippen LogP contribution is -2.31. The number of amides is 1. The highest BCUT2D eigenvalue weighted by atomic mass is 79.9. The van der Waals surface area contributed by atoms with Gasteiger partial charge in [0.05, 0.1) is 11.2 Å². The molecule has 0 spiro atoms. The molecule has 0 bridgehead atoms. The average molecular weight is 747 g/mol. The largest absolute Gasteiger partial charge is 0.362 e. The molecule has 0 unspecified atom stereocenters. The van der Waals surface area contributed by atoms with Crippen LogP contribution >= 0.6 is 15.9 Å². The lowest BCUT2D eigenvalue weighted by Gasteiger charge is -2.30. The van der Waals surface area contributed by atoms with Crippen LogP contribution in [0.1, 0.15) is 91.0 Å². The van der Waals surface area contributed by atoms with Crippen LogP contribution in [-0.4, -0.2) is 46.9 Å². The van der Waals surface area contributed by atoms with Crippen LogP contribution in [0.5, 0.6) is 0 Å². The highest BCUT2D eigenvalue weighted by Gasteiger charge is 2.35. The molecule has 8 heteroatoms. The summed E-state index contributed by atoms with van der Waals surface area (Å²) >= 11 is 3.55. The van der Waals surface area contributed by atoms with E-state index in [2.05, 4.69) is 68.8 Å². The van der Waals surface area contributed by atoms with E-state index in [1.54, 1.807) is 0 Å². The lowest BCUT2D eigenvalue weighted by molar-refractivity contribution is 0.0908. The van der Waals surface area contributed by atoms with Gasteiger partial charge in [-0.15, -0.1) is 0 Å². The molecule has 7 nitrogen and oxygen atoms in total. The molecule has 2 aliphatic carbocycles. The quantitative estimate of drug-likeness (QED) is 0.154. The van der Waals surface area contributed by atoms with Crippen molar-refractivity contribution in [3.05, 3.63) is 106 Å². The van der Waals surface area contributed by atoms with Crippen molar-refractivity contribution < 1.29 is 9.59 Å². The normalized spacial score (nSPS) is 18.4. The first-order chi connectivity index (χ1) is 24.5. The number of aryl methyl sites for hydroxylation is 1. The number of anilines is 1.